The molecule has 0 saturated heterocycles. The molecule has 0 amide bonds. The van der Waals surface area contributed by atoms with E-state index in [1.54, 1.807) is 0 Å². The molecule has 2 bridgehead atoms. The summed E-state index contributed by atoms with van der Waals surface area (Å²) in [4.78, 5) is 12.8. The SMILES string of the molecule is CC1(C)CCCC(C#N)(CC2CC3CCC2C3)C1=O. The molecular weight excluding hydrogens is 234 g/mol. The van der Waals surface area contributed by atoms with E-state index in [1.165, 1.54) is 25.7 Å². The summed E-state index contributed by atoms with van der Waals surface area (Å²) in [7, 11) is 0. The summed E-state index contributed by atoms with van der Waals surface area (Å²) in [5.74, 6) is 2.60. The molecule has 0 spiro atoms. The van der Waals surface area contributed by atoms with Gasteiger partial charge in [-0.15, -0.1) is 0 Å². The van der Waals surface area contributed by atoms with Crippen LogP contribution < -0.4 is 0 Å². The van der Waals surface area contributed by atoms with Crippen molar-refractivity contribution in [2.45, 2.75) is 65.2 Å². The van der Waals surface area contributed by atoms with E-state index in [9.17, 15) is 10.1 Å². The van der Waals surface area contributed by atoms with Crippen LogP contribution in [0.25, 0.3) is 0 Å². The lowest BCUT2D eigenvalue weighted by Gasteiger charge is -2.41. The van der Waals surface area contributed by atoms with Crippen molar-refractivity contribution in [3.05, 3.63) is 0 Å². The molecule has 3 aliphatic carbocycles. The van der Waals surface area contributed by atoms with Crippen molar-refractivity contribution in [1.29, 1.82) is 5.26 Å². The Kier molecular flexibility index (Phi) is 3.00. The Balaban J connectivity index is 1.80. The number of ketones is 1. The summed E-state index contributed by atoms with van der Waals surface area (Å²) in [6.07, 6.45) is 9.02. The number of Topliss-reactive ketones (excluding diaryl/α,β-unsaturated/α-hetero) is 1. The molecule has 3 saturated carbocycles. The van der Waals surface area contributed by atoms with Gasteiger partial charge in [0.25, 0.3) is 0 Å². The molecule has 2 nitrogen and oxygen atoms in total. The van der Waals surface area contributed by atoms with Gasteiger partial charge in [0.2, 0.25) is 0 Å². The quantitative estimate of drug-likeness (QED) is 0.749. The predicted octanol–water partition coefficient (Wildman–Crippen LogP) is 4.10. The first-order valence-corrected chi connectivity index (χ1v) is 7.93. The Labute approximate surface area is 116 Å². The molecule has 19 heavy (non-hydrogen) atoms. The fraction of sp³-hybridized carbons (Fsp3) is 0.882. The predicted molar refractivity (Wildman–Crippen MR) is 74.2 cm³/mol. The third kappa shape index (κ3) is 2.02. The highest BCUT2D eigenvalue weighted by molar-refractivity contribution is 5.92. The van der Waals surface area contributed by atoms with E-state index in [0.29, 0.717) is 5.92 Å². The fourth-order valence-corrected chi connectivity index (χ4v) is 5.13. The van der Waals surface area contributed by atoms with Crippen LogP contribution in [0.3, 0.4) is 0 Å². The molecule has 0 aromatic carbocycles. The van der Waals surface area contributed by atoms with Crippen LogP contribution in [0.5, 0.6) is 0 Å². The van der Waals surface area contributed by atoms with Crippen LogP contribution in [0.1, 0.15) is 65.2 Å². The zero-order chi connectivity index (χ0) is 13.7. The first kappa shape index (κ1) is 13.2. The van der Waals surface area contributed by atoms with Crippen molar-refractivity contribution in [3.8, 4) is 6.07 Å². The maximum Gasteiger partial charge on any atom is 0.158 e. The van der Waals surface area contributed by atoms with E-state index in [-0.39, 0.29) is 11.2 Å². The maximum atomic E-state index is 12.8. The molecule has 0 aliphatic heterocycles. The van der Waals surface area contributed by atoms with Gasteiger partial charge in [0.05, 0.1) is 6.07 Å². The van der Waals surface area contributed by atoms with Gasteiger partial charge in [-0.05, 0) is 56.3 Å². The van der Waals surface area contributed by atoms with Crippen LogP contribution in [0.15, 0.2) is 0 Å². The Bertz CT molecular complexity index is 433. The summed E-state index contributed by atoms with van der Waals surface area (Å²) < 4.78 is 0. The lowest BCUT2D eigenvalue weighted by Crippen LogP contribution is -2.45. The van der Waals surface area contributed by atoms with Gasteiger partial charge in [0, 0.05) is 5.41 Å². The van der Waals surface area contributed by atoms with Crippen molar-refractivity contribution in [2.75, 3.05) is 0 Å². The number of carbonyl (C=O) groups is 1. The van der Waals surface area contributed by atoms with Gasteiger partial charge in [0.1, 0.15) is 5.41 Å². The highest BCUT2D eigenvalue weighted by Gasteiger charge is 2.52. The average Bonchev–Trinajstić information content (AvgIpc) is 2.97. The van der Waals surface area contributed by atoms with Gasteiger partial charge in [-0.1, -0.05) is 26.7 Å². The van der Waals surface area contributed by atoms with Crippen molar-refractivity contribution in [1.82, 2.24) is 0 Å². The van der Waals surface area contributed by atoms with Gasteiger partial charge in [-0.3, -0.25) is 4.79 Å². The van der Waals surface area contributed by atoms with Crippen LogP contribution in [-0.2, 0) is 4.79 Å². The third-order valence-corrected chi connectivity index (χ3v) is 6.16. The van der Waals surface area contributed by atoms with Gasteiger partial charge < -0.3 is 0 Å². The molecule has 3 rings (SSSR count). The Morgan fingerprint density at radius 2 is 2.05 bits per heavy atom. The minimum Gasteiger partial charge on any atom is -0.297 e. The van der Waals surface area contributed by atoms with Crippen molar-refractivity contribution in [2.24, 2.45) is 28.6 Å². The topological polar surface area (TPSA) is 40.9 Å². The van der Waals surface area contributed by atoms with E-state index in [4.69, 9.17) is 0 Å². The highest BCUT2D eigenvalue weighted by atomic mass is 16.1. The van der Waals surface area contributed by atoms with E-state index in [2.05, 4.69) is 6.07 Å². The highest BCUT2D eigenvalue weighted by Crippen LogP contribution is 2.54. The van der Waals surface area contributed by atoms with Crippen molar-refractivity contribution in [3.63, 3.8) is 0 Å². The number of nitriles is 1. The van der Waals surface area contributed by atoms with Gasteiger partial charge in [0.15, 0.2) is 5.78 Å². The smallest absolute Gasteiger partial charge is 0.158 e. The standard InChI is InChI=1S/C17H25NO/c1-16(2)6-3-7-17(11-18,15(16)19)10-14-9-12-4-5-13(14)8-12/h12-14H,3-10H2,1-2H3. The summed E-state index contributed by atoms with van der Waals surface area (Å²) in [6, 6.07) is 2.46. The van der Waals surface area contributed by atoms with Gasteiger partial charge in [-0.2, -0.15) is 5.26 Å². The van der Waals surface area contributed by atoms with Crippen LogP contribution in [0, 0.1) is 39.9 Å². The largest absolute Gasteiger partial charge is 0.297 e. The lowest BCUT2D eigenvalue weighted by atomic mass is 9.59. The van der Waals surface area contributed by atoms with Gasteiger partial charge in [-0.25, -0.2) is 0 Å². The second-order valence-corrected chi connectivity index (χ2v) is 7.90. The molecular formula is C17H25NO. The van der Waals surface area contributed by atoms with Crippen LogP contribution in [-0.4, -0.2) is 5.78 Å². The fourth-order valence-electron chi connectivity index (χ4n) is 5.13. The average molecular weight is 259 g/mol. The number of nitrogens with zero attached hydrogens (tertiary/aromatic N) is 1. The molecule has 0 heterocycles. The molecule has 0 N–H and O–H groups in total. The minimum atomic E-state index is -0.656. The van der Waals surface area contributed by atoms with E-state index in [1.807, 2.05) is 13.8 Å². The van der Waals surface area contributed by atoms with Crippen LogP contribution in [0.4, 0.5) is 0 Å². The zero-order valence-electron chi connectivity index (χ0n) is 12.2. The van der Waals surface area contributed by atoms with Crippen molar-refractivity contribution < 1.29 is 4.79 Å². The van der Waals surface area contributed by atoms with Crippen molar-refractivity contribution >= 4 is 5.78 Å². The molecule has 4 unspecified atom stereocenters. The number of hydrogen-bond acceptors (Lipinski definition) is 2. The molecule has 4 atom stereocenters. The molecule has 0 aromatic heterocycles. The Morgan fingerprint density at radius 3 is 2.63 bits per heavy atom. The molecule has 2 heteroatoms. The lowest BCUT2D eigenvalue weighted by molar-refractivity contribution is -0.139. The monoisotopic (exact) mass is 259 g/mol. The zero-order valence-corrected chi connectivity index (χ0v) is 12.2. The summed E-state index contributed by atoms with van der Waals surface area (Å²) >= 11 is 0. The second kappa shape index (κ2) is 4.33. The van der Waals surface area contributed by atoms with E-state index in [0.717, 1.165) is 37.5 Å². The molecule has 0 radical (unpaired) electrons. The van der Waals surface area contributed by atoms with E-state index < -0.39 is 5.41 Å². The first-order valence-electron chi connectivity index (χ1n) is 7.93. The molecule has 104 valence electrons. The number of rotatable bonds is 2. The molecule has 0 aromatic rings. The Hall–Kier alpha value is -0.840. The second-order valence-electron chi connectivity index (χ2n) is 7.90. The summed E-state index contributed by atoms with van der Waals surface area (Å²) in [5, 5.41) is 9.70. The Morgan fingerprint density at radius 1 is 1.26 bits per heavy atom. The van der Waals surface area contributed by atoms with Gasteiger partial charge >= 0.3 is 0 Å². The van der Waals surface area contributed by atoms with Crippen LogP contribution in [0.2, 0.25) is 0 Å². The summed E-state index contributed by atoms with van der Waals surface area (Å²) in [6.45, 7) is 4.06. The first-order chi connectivity index (χ1) is 8.97. The summed E-state index contributed by atoms with van der Waals surface area (Å²) in [5.41, 5.74) is -0.942. The normalized spacial score (nSPS) is 44.3. The maximum absolute atomic E-state index is 12.8. The number of carbonyl (C=O) groups excluding carboxylic acids is 1. The minimum absolute atomic E-state index is 0.233. The van der Waals surface area contributed by atoms with Crippen LogP contribution >= 0.6 is 0 Å². The molecule has 3 aliphatic rings. The number of fused-ring (bicyclic) bond motifs is 2. The number of hydrogen-bond donors (Lipinski definition) is 0. The third-order valence-electron chi connectivity index (χ3n) is 6.16. The van der Waals surface area contributed by atoms with E-state index >= 15 is 0 Å². The molecule has 3 fully saturated rings.